The summed E-state index contributed by atoms with van der Waals surface area (Å²) in [7, 11) is -1.99. The number of aromatic nitrogens is 1. The van der Waals surface area contributed by atoms with E-state index >= 15 is 0 Å². The van der Waals surface area contributed by atoms with Gasteiger partial charge in [-0.3, -0.25) is 0 Å². The number of furan rings is 1. The van der Waals surface area contributed by atoms with Crippen LogP contribution in [0.15, 0.2) is 56.5 Å². The quantitative estimate of drug-likeness (QED) is 0.629. The molecule has 0 bridgehead atoms. The fourth-order valence-corrected chi connectivity index (χ4v) is 4.21. The van der Waals surface area contributed by atoms with Gasteiger partial charge in [0, 0.05) is 31.6 Å². The monoisotopic (exact) mass is 374 g/mol. The third-order valence-electron chi connectivity index (χ3n) is 4.27. The maximum Gasteiger partial charge on any atom is 0.243 e. The lowest BCUT2D eigenvalue weighted by atomic mass is 10.1. The fourth-order valence-electron chi connectivity index (χ4n) is 2.75. The summed E-state index contributed by atoms with van der Waals surface area (Å²) in [6.07, 6.45) is 3.00. The Balaban J connectivity index is 1.79. The van der Waals surface area contributed by atoms with Gasteiger partial charge in [-0.05, 0) is 44.0 Å². The average Bonchev–Trinajstić information content (AvgIpc) is 3.26. The van der Waals surface area contributed by atoms with Gasteiger partial charge in [-0.1, -0.05) is 17.3 Å². The van der Waals surface area contributed by atoms with Crippen molar-refractivity contribution in [1.29, 1.82) is 0 Å². The molecule has 0 radical (unpaired) electrons. The first kappa shape index (κ1) is 18.4. The van der Waals surface area contributed by atoms with E-state index in [-0.39, 0.29) is 4.90 Å². The van der Waals surface area contributed by atoms with Crippen LogP contribution in [-0.2, 0) is 16.4 Å². The molecule has 0 fully saturated rings. The minimum atomic E-state index is -3.59. The molecule has 2 aromatic heterocycles. The fraction of sp³-hybridized carbons (Fsp3) is 0.316. The highest BCUT2D eigenvalue weighted by atomic mass is 32.2. The molecule has 1 aromatic carbocycles. The normalized spacial score (nSPS) is 12.0. The smallest absolute Gasteiger partial charge is 0.243 e. The average molecular weight is 374 g/mol. The Morgan fingerprint density at radius 3 is 2.62 bits per heavy atom. The lowest BCUT2D eigenvalue weighted by molar-refractivity contribution is 0.427. The molecule has 0 N–H and O–H groups in total. The first-order valence-electron chi connectivity index (χ1n) is 8.41. The van der Waals surface area contributed by atoms with Crippen molar-refractivity contribution in [3.05, 3.63) is 59.7 Å². The molecule has 7 heteroatoms. The van der Waals surface area contributed by atoms with Crippen molar-refractivity contribution in [2.24, 2.45) is 0 Å². The molecule has 0 saturated heterocycles. The molecular formula is C19H22N2O4S. The van der Waals surface area contributed by atoms with E-state index in [1.807, 2.05) is 25.1 Å². The van der Waals surface area contributed by atoms with Crippen molar-refractivity contribution in [2.45, 2.75) is 31.6 Å². The van der Waals surface area contributed by atoms with Gasteiger partial charge in [0.25, 0.3) is 0 Å². The summed E-state index contributed by atoms with van der Waals surface area (Å²) in [4.78, 5) is 0.282. The van der Waals surface area contributed by atoms with Crippen molar-refractivity contribution >= 4 is 10.0 Å². The molecule has 0 aliphatic rings. The number of hydrogen-bond acceptors (Lipinski definition) is 5. The van der Waals surface area contributed by atoms with Gasteiger partial charge in [-0.25, -0.2) is 12.7 Å². The van der Waals surface area contributed by atoms with Crippen molar-refractivity contribution in [3.8, 4) is 11.3 Å². The van der Waals surface area contributed by atoms with Gasteiger partial charge < -0.3 is 8.94 Å². The zero-order valence-corrected chi connectivity index (χ0v) is 15.9. The Kier molecular flexibility index (Phi) is 5.29. The van der Waals surface area contributed by atoms with E-state index < -0.39 is 10.0 Å². The summed E-state index contributed by atoms with van der Waals surface area (Å²) in [5.41, 5.74) is 2.14. The number of nitrogens with zero attached hydrogens (tertiary/aromatic N) is 2. The number of sulfonamides is 1. The van der Waals surface area contributed by atoms with Crippen molar-refractivity contribution in [1.82, 2.24) is 9.46 Å². The van der Waals surface area contributed by atoms with E-state index in [1.165, 1.54) is 4.31 Å². The van der Waals surface area contributed by atoms with Crippen molar-refractivity contribution in [3.63, 3.8) is 0 Å². The Hall–Kier alpha value is -2.38. The summed E-state index contributed by atoms with van der Waals surface area (Å²) in [6, 6.07) is 10.8. The Labute approximate surface area is 153 Å². The number of aryl methyl sites for hydroxylation is 3. The largest absolute Gasteiger partial charge is 0.469 e. The minimum Gasteiger partial charge on any atom is -0.469 e. The van der Waals surface area contributed by atoms with Crippen LogP contribution in [0.5, 0.6) is 0 Å². The van der Waals surface area contributed by atoms with Crippen LogP contribution in [0.3, 0.4) is 0 Å². The van der Waals surface area contributed by atoms with Gasteiger partial charge in [0.2, 0.25) is 10.0 Å². The van der Waals surface area contributed by atoms with E-state index in [1.54, 1.807) is 38.4 Å². The summed E-state index contributed by atoms with van der Waals surface area (Å²) in [5, 5.41) is 3.86. The van der Waals surface area contributed by atoms with E-state index in [9.17, 15) is 8.42 Å². The third-order valence-corrected chi connectivity index (χ3v) is 6.26. The molecule has 2 heterocycles. The Morgan fingerprint density at radius 2 is 1.96 bits per heavy atom. The highest BCUT2D eigenvalue weighted by Crippen LogP contribution is 2.27. The molecule has 0 spiro atoms. The molecule has 0 saturated carbocycles. The lowest BCUT2D eigenvalue weighted by Gasteiger charge is -2.18. The van der Waals surface area contributed by atoms with Crippen LogP contribution < -0.4 is 0 Å². The molecule has 3 aromatic rings. The van der Waals surface area contributed by atoms with Gasteiger partial charge in [-0.15, -0.1) is 0 Å². The van der Waals surface area contributed by atoms with Crippen LogP contribution >= 0.6 is 0 Å². The van der Waals surface area contributed by atoms with Gasteiger partial charge in [0.1, 0.15) is 5.76 Å². The zero-order valence-electron chi connectivity index (χ0n) is 15.1. The molecule has 0 unspecified atom stereocenters. The van der Waals surface area contributed by atoms with Gasteiger partial charge in [0.15, 0.2) is 5.76 Å². The maximum absolute atomic E-state index is 13.0. The van der Waals surface area contributed by atoms with E-state index in [0.717, 1.165) is 11.5 Å². The van der Waals surface area contributed by atoms with Crippen molar-refractivity contribution < 1.29 is 17.4 Å². The topological polar surface area (TPSA) is 76.6 Å². The van der Waals surface area contributed by atoms with Crippen LogP contribution in [0.25, 0.3) is 11.3 Å². The number of benzene rings is 1. The van der Waals surface area contributed by atoms with Crippen LogP contribution in [0.2, 0.25) is 0 Å². The van der Waals surface area contributed by atoms with E-state index in [4.69, 9.17) is 8.94 Å². The van der Waals surface area contributed by atoms with E-state index in [2.05, 4.69) is 5.16 Å². The van der Waals surface area contributed by atoms with Crippen LogP contribution in [0.1, 0.15) is 23.4 Å². The predicted octanol–water partition coefficient (Wildman–Crippen LogP) is 3.80. The van der Waals surface area contributed by atoms with E-state index in [0.29, 0.717) is 36.3 Å². The molecule has 0 aliphatic carbocycles. The first-order chi connectivity index (χ1) is 12.4. The Morgan fingerprint density at radius 1 is 1.15 bits per heavy atom. The predicted molar refractivity (Wildman–Crippen MR) is 98.3 cm³/mol. The first-order valence-corrected chi connectivity index (χ1v) is 9.85. The highest BCUT2D eigenvalue weighted by molar-refractivity contribution is 7.89. The minimum absolute atomic E-state index is 0.282. The summed E-state index contributed by atoms with van der Waals surface area (Å²) < 4.78 is 37.9. The van der Waals surface area contributed by atoms with Gasteiger partial charge in [0.05, 0.1) is 16.9 Å². The van der Waals surface area contributed by atoms with Crippen LogP contribution in [-0.4, -0.2) is 31.5 Å². The zero-order chi connectivity index (χ0) is 18.7. The molecule has 0 amide bonds. The molecule has 3 rings (SSSR count). The SMILES string of the molecule is Cc1cc(-c2ccc(C)c(S(=O)(=O)N(C)CCCc3ccco3)c2)on1. The highest BCUT2D eigenvalue weighted by Gasteiger charge is 2.23. The summed E-state index contributed by atoms with van der Waals surface area (Å²) >= 11 is 0. The molecule has 0 aliphatic heterocycles. The third kappa shape index (κ3) is 3.89. The lowest BCUT2D eigenvalue weighted by Crippen LogP contribution is -2.28. The van der Waals surface area contributed by atoms with Crippen molar-refractivity contribution in [2.75, 3.05) is 13.6 Å². The second kappa shape index (κ2) is 7.47. The van der Waals surface area contributed by atoms with Gasteiger partial charge in [-0.2, -0.15) is 0 Å². The number of rotatable bonds is 7. The summed E-state index contributed by atoms with van der Waals surface area (Å²) in [5.74, 6) is 1.41. The molecule has 0 atom stereocenters. The molecular weight excluding hydrogens is 352 g/mol. The van der Waals surface area contributed by atoms with Gasteiger partial charge >= 0.3 is 0 Å². The van der Waals surface area contributed by atoms with Crippen LogP contribution in [0.4, 0.5) is 0 Å². The van der Waals surface area contributed by atoms with Crippen LogP contribution in [0, 0.1) is 13.8 Å². The molecule has 26 heavy (non-hydrogen) atoms. The standard InChI is InChI=1S/C19H22N2O4S/c1-14-8-9-16(18-12-15(2)20-25-18)13-19(14)26(22,23)21(3)10-4-6-17-7-5-11-24-17/h5,7-9,11-13H,4,6,10H2,1-3H3. The molecule has 138 valence electrons. The Bertz CT molecular complexity index is 975. The molecule has 6 nitrogen and oxygen atoms in total. The number of hydrogen-bond donors (Lipinski definition) is 0. The maximum atomic E-state index is 13.0. The second-order valence-electron chi connectivity index (χ2n) is 6.32. The second-order valence-corrected chi connectivity index (χ2v) is 8.34. The summed E-state index contributed by atoms with van der Waals surface area (Å²) in [6.45, 7) is 4.03.